The van der Waals surface area contributed by atoms with Crippen LogP contribution in [-0.4, -0.2) is 7.11 Å². The minimum Gasteiger partial charge on any atom is -0.497 e. The van der Waals surface area contributed by atoms with Gasteiger partial charge in [0, 0.05) is 5.56 Å². The molecule has 176 valence electrons. The van der Waals surface area contributed by atoms with Crippen molar-refractivity contribution in [1.82, 2.24) is 0 Å². The molecule has 0 unspecified atom stereocenters. The maximum absolute atomic E-state index is 5.15. The summed E-state index contributed by atoms with van der Waals surface area (Å²) < 4.78 is 5.15. The van der Waals surface area contributed by atoms with Crippen molar-refractivity contribution in [1.29, 1.82) is 0 Å². The van der Waals surface area contributed by atoms with Crippen LogP contribution in [0.1, 0.15) is 58.2 Å². The lowest BCUT2D eigenvalue weighted by molar-refractivity contribution is 0.371. The molecule has 34 heavy (non-hydrogen) atoms. The fourth-order valence-electron chi connectivity index (χ4n) is 4.01. The molecular formula is C33H38O. The summed E-state index contributed by atoms with van der Waals surface area (Å²) in [4.78, 5) is 0. The number of hydrogen-bond acceptors (Lipinski definition) is 1. The number of rotatable bonds is 3. The van der Waals surface area contributed by atoms with Crippen molar-refractivity contribution in [2.75, 3.05) is 7.11 Å². The van der Waals surface area contributed by atoms with Crippen molar-refractivity contribution in [3.8, 4) is 11.1 Å². The highest BCUT2D eigenvalue weighted by molar-refractivity contribution is 5.86. The number of hydrogen-bond donors (Lipinski definition) is 0. The van der Waals surface area contributed by atoms with Gasteiger partial charge in [-0.05, 0) is 43.9 Å². The second-order valence-electron chi connectivity index (χ2n) is 10.8. The molecular weight excluding hydrogens is 412 g/mol. The molecule has 4 aromatic carbocycles. The molecule has 0 aliphatic heterocycles. The Morgan fingerprint density at radius 2 is 1.26 bits per heavy atom. The zero-order valence-corrected chi connectivity index (χ0v) is 21.8. The molecule has 0 aliphatic rings. The smallest absolute Gasteiger partial charge is 0.118 e. The van der Waals surface area contributed by atoms with Crippen LogP contribution in [0.15, 0.2) is 97.6 Å². The molecule has 0 spiro atoms. The Bertz CT molecular complexity index is 1240. The molecule has 0 atom stereocenters. The van der Waals surface area contributed by atoms with Crippen LogP contribution in [-0.2, 0) is 15.6 Å². The second kappa shape index (κ2) is 10.3. The summed E-state index contributed by atoms with van der Waals surface area (Å²) in [6.07, 6.45) is 0. The molecule has 4 aromatic rings. The first-order valence-corrected chi connectivity index (χ1v) is 11.9. The summed E-state index contributed by atoms with van der Waals surface area (Å²) in [5, 5.41) is 2.71. The van der Waals surface area contributed by atoms with Gasteiger partial charge in [-0.15, -0.1) is 0 Å². The highest BCUT2D eigenvalue weighted by Gasteiger charge is 2.16. The van der Waals surface area contributed by atoms with E-state index in [-0.39, 0.29) is 10.8 Å². The Labute approximate surface area is 206 Å². The molecule has 1 heteroatoms. The van der Waals surface area contributed by atoms with Gasteiger partial charge in [0.15, 0.2) is 0 Å². The molecule has 0 amide bonds. The summed E-state index contributed by atoms with van der Waals surface area (Å²) in [7, 11) is 1.64. The number of fused-ring (bicyclic) bond motifs is 1. The summed E-state index contributed by atoms with van der Waals surface area (Å²) in [6.45, 7) is 17.3. The van der Waals surface area contributed by atoms with E-state index in [1.165, 1.54) is 33.0 Å². The van der Waals surface area contributed by atoms with E-state index in [1.54, 1.807) is 7.11 Å². The molecule has 0 fully saturated rings. The van der Waals surface area contributed by atoms with Gasteiger partial charge in [0.2, 0.25) is 0 Å². The first-order chi connectivity index (χ1) is 16.0. The van der Waals surface area contributed by atoms with Crippen LogP contribution in [0.25, 0.3) is 27.7 Å². The van der Waals surface area contributed by atoms with E-state index in [0.717, 1.165) is 5.56 Å². The fraction of sp³-hybridized carbons (Fsp3) is 0.273. The van der Waals surface area contributed by atoms with Gasteiger partial charge in [-0.1, -0.05) is 139 Å². The van der Waals surface area contributed by atoms with Crippen LogP contribution < -0.4 is 0 Å². The van der Waals surface area contributed by atoms with Gasteiger partial charge in [0.25, 0.3) is 0 Å². The van der Waals surface area contributed by atoms with Crippen LogP contribution in [0.2, 0.25) is 0 Å². The quantitative estimate of drug-likeness (QED) is 0.282. The van der Waals surface area contributed by atoms with Crippen LogP contribution in [0.4, 0.5) is 0 Å². The molecule has 1 nitrogen and oxygen atoms in total. The molecule has 0 saturated heterocycles. The van der Waals surface area contributed by atoms with Crippen molar-refractivity contribution in [3.05, 3.63) is 114 Å². The SMILES string of the molecule is C=C(OC)c1ccc(-c2cccc(C(C)(C)C)c2)cc1.CC(C)(C)c1cccc2ccccc12. The van der Waals surface area contributed by atoms with Gasteiger partial charge in [0.1, 0.15) is 5.76 Å². The topological polar surface area (TPSA) is 9.23 Å². The normalized spacial score (nSPS) is 11.5. The Kier molecular flexibility index (Phi) is 7.67. The Balaban J connectivity index is 0.000000202. The lowest BCUT2D eigenvalue weighted by Crippen LogP contribution is -2.11. The molecule has 4 rings (SSSR count). The molecule has 0 aliphatic carbocycles. The van der Waals surface area contributed by atoms with E-state index in [2.05, 4.69) is 127 Å². The standard InChI is InChI=1S/C19H22O.C14H16/c1-14(20-5)15-9-11-16(12-10-15)17-7-6-8-18(13-17)19(2,3)4;1-14(2,3)13-10-6-8-11-7-4-5-9-12(11)13/h6-13H,1H2,2-5H3;4-10H,1-3H3. The van der Waals surface area contributed by atoms with Gasteiger partial charge >= 0.3 is 0 Å². The van der Waals surface area contributed by atoms with Gasteiger partial charge in [0.05, 0.1) is 7.11 Å². The average Bonchev–Trinajstić information content (AvgIpc) is 2.82. The van der Waals surface area contributed by atoms with Gasteiger partial charge in [-0.25, -0.2) is 0 Å². The number of ether oxygens (including phenoxy) is 1. The van der Waals surface area contributed by atoms with E-state index in [4.69, 9.17) is 4.74 Å². The summed E-state index contributed by atoms with van der Waals surface area (Å²) in [6, 6.07) is 32.2. The largest absolute Gasteiger partial charge is 0.497 e. The van der Waals surface area contributed by atoms with E-state index in [9.17, 15) is 0 Å². The predicted molar refractivity (Wildman–Crippen MR) is 149 cm³/mol. The van der Waals surface area contributed by atoms with E-state index < -0.39 is 0 Å². The van der Waals surface area contributed by atoms with Crippen LogP contribution in [0.3, 0.4) is 0 Å². The zero-order chi connectivity index (χ0) is 24.9. The minimum absolute atomic E-state index is 0.167. The third-order valence-corrected chi connectivity index (χ3v) is 6.11. The molecule has 0 radical (unpaired) electrons. The van der Waals surface area contributed by atoms with Crippen LogP contribution >= 0.6 is 0 Å². The Morgan fingerprint density at radius 1 is 0.647 bits per heavy atom. The Morgan fingerprint density at radius 3 is 1.88 bits per heavy atom. The first-order valence-electron chi connectivity index (χ1n) is 11.9. The number of methoxy groups -OCH3 is 1. The highest BCUT2D eigenvalue weighted by atomic mass is 16.5. The van der Waals surface area contributed by atoms with E-state index in [0.29, 0.717) is 5.76 Å². The summed E-state index contributed by atoms with van der Waals surface area (Å²) in [5.74, 6) is 0.694. The Hall–Kier alpha value is -3.32. The average molecular weight is 451 g/mol. The maximum atomic E-state index is 5.15. The monoisotopic (exact) mass is 450 g/mol. The van der Waals surface area contributed by atoms with Crippen molar-refractivity contribution >= 4 is 16.5 Å². The van der Waals surface area contributed by atoms with Crippen LogP contribution in [0, 0.1) is 0 Å². The zero-order valence-electron chi connectivity index (χ0n) is 21.8. The highest BCUT2D eigenvalue weighted by Crippen LogP contribution is 2.30. The van der Waals surface area contributed by atoms with E-state index in [1.807, 2.05) is 12.1 Å². The molecule has 0 bridgehead atoms. The van der Waals surface area contributed by atoms with Crippen molar-refractivity contribution < 1.29 is 4.74 Å². The second-order valence-corrected chi connectivity index (χ2v) is 10.8. The third-order valence-electron chi connectivity index (χ3n) is 6.11. The fourth-order valence-corrected chi connectivity index (χ4v) is 4.01. The molecule has 0 aromatic heterocycles. The van der Waals surface area contributed by atoms with Crippen molar-refractivity contribution in [2.24, 2.45) is 0 Å². The minimum atomic E-state index is 0.167. The van der Waals surface area contributed by atoms with Crippen LogP contribution in [0.5, 0.6) is 0 Å². The van der Waals surface area contributed by atoms with Gasteiger partial charge in [-0.2, -0.15) is 0 Å². The number of benzene rings is 4. The molecule has 0 heterocycles. The van der Waals surface area contributed by atoms with Crippen molar-refractivity contribution in [3.63, 3.8) is 0 Å². The lowest BCUT2D eigenvalue weighted by atomic mass is 9.84. The molecule has 0 saturated carbocycles. The lowest BCUT2D eigenvalue weighted by Gasteiger charge is -2.21. The summed E-state index contributed by atoms with van der Waals surface area (Å²) in [5.41, 5.74) is 6.64. The van der Waals surface area contributed by atoms with Gasteiger partial charge in [-0.3, -0.25) is 0 Å². The van der Waals surface area contributed by atoms with E-state index >= 15 is 0 Å². The molecule has 0 N–H and O–H groups in total. The van der Waals surface area contributed by atoms with Crippen molar-refractivity contribution in [2.45, 2.75) is 52.4 Å². The maximum Gasteiger partial charge on any atom is 0.118 e. The summed E-state index contributed by atoms with van der Waals surface area (Å²) >= 11 is 0. The first kappa shape index (κ1) is 25.3. The van der Waals surface area contributed by atoms with Gasteiger partial charge < -0.3 is 4.74 Å². The third kappa shape index (κ3) is 6.17. The predicted octanol–water partition coefficient (Wildman–Crippen LogP) is 9.41.